The molecule has 0 saturated carbocycles. The van der Waals surface area contributed by atoms with E-state index in [4.69, 9.17) is 9.73 Å². The van der Waals surface area contributed by atoms with Crippen LogP contribution in [0.25, 0.3) is 0 Å². The van der Waals surface area contributed by atoms with Gasteiger partial charge in [-0.3, -0.25) is 14.5 Å². The Morgan fingerprint density at radius 1 is 1.23 bits per heavy atom. The number of nitrogens with one attached hydrogen (secondary N) is 1. The molecule has 1 aromatic rings. The lowest BCUT2D eigenvalue weighted by atomic mass is 10.2. The molecule has 10 heteroatoms. The second-order valence-corrected chi connectivity index (χ2v) is 8.16. The second-order valence-electron chi connectivity index (χ2n) is 8.16. The summed E-state index contributed by atoms with van der Waals surface area (Å²) in [5.74, 6) is 1.95. The molecule has 0 spiro atoms. The highest BCUT2D eigenvalue weighted by Crippen LogP contribution is 2.17. The van der Waals surface area contributed by atoms with Gasteiger partial charge in [-0.1, -0.05) is 0 Å². The summed E-state index contributed by atoms with van der Waals surface area (Å²) < 4.78 is 8.96. The van der Waals surface area contributed by atoms with Crippen molar-refractivity contribution < 1.29 is 4.74 Å². The number of morpholine rings is 1. The molecule has 0 aromatic carbocycles. The lowest BCUT2D eigenvalue weighted by molar-refractivity contribution is 0.0195. The van der Waals surface area contributed by atoms with E-state index in [9.17, 15) is 4.79 Å². The summed E-state index contributed by atoms with van der Waals surface area (Å²) in [5, 5.41) is 7.96. The van der Waals surface area contributed by atoms with Crippen molar-refractivity contribution in [3.8, 4) is 0 Å². The first-order valence-electron chi connectivity index (χ1n) is 11.3. The maximum atomic E-state index is 12.4. The third-order valence-electron chi connectivity index (χ3n) is 6.18. The molecule has 9 nitrogen and oxygen atoms in total. The molecule has 1 aromatic heterocycles. The number of rotatable bonds is 6. The molecule has 1 atom stereocenters. The molecule has 0 amide bonds. The molecule has 1 unspecified atom stereocenters. The molecule has 2 saturated heterocycles. The van der Waals surface area contributed by atoms with Gasteiger partial charge in [0.15, 0.2) is 5.96 Å². The molecule has 0 bridgehead atoms. The second kappa shape index (κ2) is 11.5. The van der Waals surface area contributed by atoms with Crippen LogP contribution in [0.1, 0.15) is 38.4 Å². The van der Waals surface area contributed by atoms with Crippen molar-refractivity contribution in [3.63, 3.8) is 0 Å². The Hall–Kier alpha value is -1.14. The predicted octanol–water partition coefficient (Wildman–Crippen LogP) is 0.761. The van der Waals surface area contributed by atoms with E-state index in [1.165, 1.54) is 6.42 Å². The van der Waals surface area contributed by atoms with Gasteiger partial charge in [0.25, 0.3) is 0 Å². The number of aromatic nitrogens is 3. The Labute approximate surface area is 195 Å². The van der Waals surface area contributed by atoms with Crippen molar-refractivity contribution >= 4 is 29.9 Å². The number of fused-ring (bicyclic) bond motifs is 1. The van der Waals surface area contributed by atoms with Crippen LogP contribution in [0.4, 0.5) is 0 Å². The molecule has 170 valence electrons. The fourth-order valence-corrected chi connectivity index (χ4v) is 4.60. The third kappa shape index (κ3) is 5.56. The summed E-state index contributed by atoms with van der Waals surface area (Å²) in [6, 6.07) is 0.596. The van der Waals surface area contributed by atoms with Crippen molar-refractivity contribution in [1.82, 2.24) is 29.5 Å². The Balaban J connectivity index is 0.00000256. The van der Waals surface area contributed by atoms with Gasteiger partial charge < -0.3 is 15.0 Å². The van der Waals surface area contributed by atoms with Crippen LogP contribution in [0.5, 0.6) is 0 Å². The minimum atomic E-state index is 0. The zero-order valence-corrected chi connectivity index (χ0v) is 20.4. The highest BCUT2D eigenvalue weighted by atomic mass is 127. The van der Waals surface area contributed by atoms with E-state index in [0.717, 1.165) is 89.9 Å². The van der Waals surface area contributed by atoms with Crippen LogP contribution >= 0.6 is 24.0 Å². The van der Waals surface area contributed by atoms with Crippen LogP contribution in [0, 0.1) is 0 Å². The molecule has 2 fully saturated rings. The quantitative estimate of drug-likeness (QED) is 0.252. The zero-order valence-electron chi connectivity index (χ0n) is 18.1. The summed E-state index contributed by atoms with van der Waals surface area (Å²) in [5.41, 5.74) is 0.0449. The van der Waals surface area contributed by atoms with Crippen LogP contribution in [0.2, 0.25) is 0 Å². The lowest BCUT2D eigenvalue weighted by Gasteiger charge is -2.32. The highest BCUT2D eigenvalue weighted by molar-refractivity contribution is 14.0. The van der Waals surface area contributed by atoms with Gasteiger partial charge in [-0.25, -0.2) is 9.48 Å². The summed E-state index contributed by atoms with van der Waals surface area (Å²) in [6.45, 7) is 11.0. The van der Waals surface area contributed by atoms with Gasteiger partial charge in [-0.2, -0.15) is 5.10 Å². The van der Waals surface area contributed by atoms with E-state index in [1.54, 1.807) is 4.68 Å². The average Bonchev–Trinajstić information content (AvgIpc) is 3.37. The number of guanidine groups is 1. The number of hydrogen-bond acceptors (Lipinski definition) is 5. The van der Waals surface area contributed by atoms with Crippen LogP contribution in [-0.4, -0.2) is 88.6 Å². The highest BCUT2D eigenvalue weighted by Gasteiger charge is 2.30. The minimum absolute atomic E-state index is 0. The standard InChI is InChI=1S/C20H35N7O2.HI/c1-2-21-19(25-11-7-17(16-25)24-12-14-29-15-13-24)22-8-5-10-27-20(28)26-9-4-3-6-18(26)23-27;/h17H,2-16H2,1H3,(H,21,22);1H. The van der Waals surface area contributed by atoms with Gasteiger partial charge in [-0.05, 0) is 32.6 Å². The first-order chi connectivity index (χ1) is 14.3. The van der Waals surface area contributed by atoms with Gasteiger partial charge in [0.2, 0.25) is 0 Å². The van der Waals surface area contributed by atoms with Crippen molar-refractivity contribution in [2.45, 2.75) is 58.2 Å². The first-order valence-corrected chi connectivity index (χ1v) is 11.3. The fourth-order valence-electron chi connectivity index (χ4n) is 4.60. The zero-order chi connectivity index (χ0) is 20.1. The van der Waals surface area contributed by atoms with Crippen LogP contribution in [0.3, 0.4) is 0 Å². The van der Waals surface area contributed by atoms with Crippen molar-refractivity contribution in [2.24, 2.45) is 4.99 Å². The van der Waals surface area contributed by atoms with Crippen molar-refractivity contribution in [2.75, 3.05) is 52.5 Å². The third-order valence-corrected chi connectivity index (χ3v) is 6.18. The van der Waals surface area contributed by atoms with Crippen molar-refractivity contribution in [3.05, 3.63) is 16.3 Å². The van der Waals surface area contributed by atoms with Gasteiger partial charge in [0.1, 0.15) is 5.82 Å². The summed E-state index contributed by atoms with van der Waals surface area (Å²) in [7, 11) is 0. The lowest BCUT2D eigenvalue weighted by Crippen LogP contribution is -2.46. The normalized spacial score (nSPS) is 22.6. The van der Waals surface area contributed by atoms with Gasteiger partial charge in [0, 0.05) is 64.8 Å². The number of hydrogen-bond donors (Lipinski definition) is 1. The Morgan fingerprint density at radius 2 is 2.07 bits per heavy atom. The Morgan fingerprint density at radius 3 is 2.83 bits per heavy atom. The monoisotopic (exact) mass is 533 g/mol. The van der Waals surface area contributed by atoms with E-state index in [0.29, 0.717) is 19.1 Å². The largest absolute Gasteiger partial charge is 0.379 e. The predicted molar refractivity (Wildman–Crippen MR) is 128 cm³/mol. The summed E-state index contributed by atoms with van der Waals surface area (Å²) in [6.07, 6.45) is 5.14. The average molecular weight is 533 g/mol. The van der Waals surface area contributed by atoms with E-state index < -0.39 is 0 Å². The summed E-state index contributed by atoms with van der Waals surface area (Å²) in [4.78, 5) is 22.2. The molecule has 30 heavy (non-hydrogen) atoms. The van der Waals surface area contributed by atoms with E-state index in [-0.39, 0.29) is 29.7 Å². The Kier molecular flexibility index (Phi) is 8.99. The van der Waals surface area contributed by atoms with Gasteiger partial charge in [0.05, 0.1) is 13.2 Å². The molecule has 0 radical (unpaired) electrons. The Bertz CT molecular complexity index is 757. The first kappa shape index (κ1) is 23.5. The molecule has 4 rings (SSSR count). The minimum Gasteiger partial charge on any atom is -0.379 e. The molecule has 0 aliphatic carbocycles. The van der Waals surface area contributed by atoms with Crippen LogP contribution in [-0.2, 0) is 24.2 Å². The molecule has 1 N–H and O–H groups in total. The van der Waals surface area contributed by atoms with Crippen LogP contribution < -0.4 is 11.0 Å². The number of aliphatic imine (C=N–C) groups is 1. The molecule has 3 aliphatic heterocycles. The van der Waals surface area contributed by atoms with E-state index >= 15 is 0 Å². The van der Waals surface area contributed by atoms with Gasteiger partial charge >= 0.3 is 5.69 Å². The summed E-state index contributed by atoms with van der Waals surface area (Å²) >= 11 is 0. The van der Waals surface area contributed by atoms with Gasteiger partial charge in [-0.15, -0.1) is 24.0 Å². The number of aryl methyl sites for hydroxylation is 2. The SMILES string of the molecule is CCNC(=NCCCn1nc2n(c1=O)CCCC2)N1CCC(N2CCOCC2)C1.I. The molecule has 4 heterocycles. The fraction of sp³-hybridized carbons (Fsp3) is 0.850. The maximum absolute atomic E-state index is 12.4. The molecular weight excluding hydrogens is 497 g/mol. The number of halogens is 1. The molecular formula is C20H36IN7O2. The van der Waals surface area contributed by atoms with Crippen LogP contribution in [0.15, 0.2) is 9.79 Å². The smallest absolute Gasteiger partial charge is 0.345 e. The topological polar surface area (TPSA) is 79.9 Å². The number of nitrogens with zero attached hydrogens (tertiary/aromatic N) is 6. The van der Waals surface area contributed by atoms with E-state index in [2.05, 4.69) is 27.1 Å². The van der Waals surface area contributed by atoms with E-state index in [1.807, 2.05) is 4.57 Å². The van der Waals surface area contributed by atoms with Crippen molar-refractivity contribution in [1.29, 1.82) is 0 Å². The molecule has 3 aliphatic rings. The number of ether oxygens (including phenoxy) is 1. The number of likely N-dealkylation sites (tertiary alicyclic amines) is 1. The maximum Gasteiger partial charge on any atom is 0.345 e.